The van der Waals surface area contributed by atoms with Gasteiger partial charge in [0.2, 0.25) is 0 Å². The second kappa shape index (κ2) is 5.26. The van der Waals surface area contributed by atoms with Gasteiger partial charge in [0.15, 0.2) is 11.6 Å². The number of rotatable bonds is 2. The fraction of sp³-hybridized carbons (Fsp3) is 0.500. The number of hydrogen-bond donors (Lipinski definition) is 1. The van der Waals surface area contributed by atoms with Crippen molar-refractivity contribution >= 4 is 22.9 Å². The largest absolute Gasteiger partial charge is 0.389 e. The highest BCUT2D eigenvalue weighted by Crippen LogP contribution is 2.29. The van der Waals surface area contributed by atoms with Gasteiger partial charge in [0.1, 0.15) is 4.99 Å². The van der Waals surface area contributed by atoms with Crippen LogP contribution >= 0.6 is 12.2 Å². The molecule has 1 unspecified atom stereocenters. The molecular formula is C14H17F2N3S. The molecule has 0 amide bonds. The average Bonchev–Trinajstić information content (AvgIpc) is 2.88. The van der Waals surface area contributed by atoms with Crippen molar-refractivity contribution in [2.75, 3.05) is 31.1 Å². The fourth-order valence-corrected chi connectivity index (χ4v) is 3.34. The van der Waals surface area contributed by atoms with Gasteiger partial charge >= 0.3 is 0 Å². The van der Waals surface area contributed by atoms with Crippen LogP contribution in [0.3, 0.4) is 0 Å². The molecule has 6 heteroatoms. The van der Waals surface area contributed by atoms with Crippen molar-refractivity contribution in [3.05, 3.63) is 29.3 Å². The predicted molar refractivity (Wildman–Crippen MR) is 79.1 cm³/mol. The van der Waals surface area contributed by atoms with Crippen LogP contribution in [0.15, 0.2) is 12.1 Å². The lowest BCUT2D eigenvalue weighted by Gasteiger charge is -2.39. The van der Waals surface area contributed by atoms with Crippen molar-refractivity contribution in [2.45, 2.75) is 18.9 Å². The standard InChI is InChI=1S/C14H17F2N3S/c15-12-10(14(17)20)3-4-11(13(12)16)19-7-6-18-5-1-2-9(18)8-19/h3-4,9H,1-2,5-8H2,(H2,17,20). The van der Waals surface area contributed by atoms with Crippen LogP contribution in [0.1, 0.15) is 18.4 Å². The predicted octanol–water partition coefficient (Wildman–Crippen LogP) is 1.88. The second-order valence-corrected chi connectivity index (χ2v) is 5.84. The molecule has 2 fully saturated rings. The fourth-order valence-electron chi connectivity index (χ4n) is 3.18. The Morgan fingerprint density at radius 2 is 2.00 bits per heavy atom. The van der Waals surface area contributed by atoms with Crippen molar-refractivity contribution in [3.8, 4) is 0 Å². The molecule has 2 heterocycles. The summed E-state index contributed by atoms with van der Waals surface area (Å²) in [6, 6.07) is 3.51. The van der Waals surface area contributed by atoms with Gasteiger partial charge in [-0.2, -0.15) is 0 Å². The molecule has 20 heavy (non-hydrogen) atoms. The van der Waals surface area contributed by atoms with Crippen LogP contribution in [-0.4, -0.2) is 42.1 Å². The molecule has 2 saturated heterocycles. The van der Waals surface area contributed by atoms with Crippen molar-refractivity contribution in [2.24, 2.45) is 5.73 Å². The first-order valence-corrected chi connectivity index (χ1v) is 7.25. The highest BCUT2D eigenvalue weighted by atomic mass is 32.1. The van der Waals surface area contributed by atoms with Crippen molar-refractivity contribution in [1.29, 1.82) is 0 Å². The van der Waals surface area contributed by atoms with Gasteiger partial charge in [0.25, 0.3) is 0 Å². The lowest BCUT2D eigenvalue weighted by atomic mass is 10.1. The Hall–Kier alpha value is -1.27. The van der Waals surface area contributed by atoms with Gasteiger partial charge in [-0.05, 0) is 31.5 Å². The number of benzene rings is 1. The van der Waals surface area contributed by atoms with Crippen LogP contribution < -0.4 is 10.6 Å². The summed E-state index contributed by atoms with van der Waals surface area (Å²) in [6.07, 6.45) is 2.32. The number of thiocarbonyl (C=S) groups is 1. The van der Waals surface area contributed by atoms with Crippen LogP contribution in [0.25, 0.3) is 0 Å². The van der Waals surface area contributed by atoms with Gasteiger partial charge in [0, 0.05) is 31.2 Å². The zero-order valence-corrected chi connectivity index (χ0v) is 11.9. The lowest BCUT2D eigenvalue weighted by molar-refractivity contribution is 0.230. The Kier molecular flexibility index (Phi) is 3.60. The molecule has 3 nitrogen and oxygen atoms in total. The Morgan fingerprint density at radius 1 is 1.20 bits per heavy atom. The van der Waals surface area contributed by atoms with Gasteiger partial charge in [-0.1, -0.05) is 12.2 Å². The maximum absolute atomic E-state index is 14.2. The minimum atomic E-state index is -0.941. The average molecular weight is 297 g/mol. The normalized spacial score (nSPS) is 22.9. The molecule has 0 aliphatic carbocycles. The Labute approximate surface area is 122 Å². The summed E-state index contributed by atoms with van der Waals surface area (Å²) < 4.78 is 28.2. The SMILES string of the molecule is NC(=S)c1ccc(N2CCN3CCCC3C2)c(F)c1F. The monoisotopic (exact) mass is 297 g/mol. The van der Waals surface area contributed by atoms with E-state index in [0.717, 1.165) is 32.6 Å². The van der Waals surface area contributed by atoms with Gasteiger partial charge in [-0.25, -0.2) is 8.78 Å². The summed E-state index contributed by atoms with van der Waals surface area (Å²) in [5.74, 6) is -1.79. The van der Waals surface area contributed by atoms with E-state index < -0.39 is 11.6 Å². The van der Waals surface area contributed by atoms with Crippen LogP contribution in [0, 0.1) is 11.6 Å². The minimum Gasteiger partial charge on any atom is -0.389 e. The van der Waals surface area contributed by atoms with Gasteiger partial charge in [-0.15, -0.1) is 0 Å². The second-order valence-electron chi connectivity index (χ2n) is 5.40. The quantitative estimate of drug-likeness (QED) is 0.845. The number of halogens is 2. The van der Waals surface area contributed by atoms with E-state index in [-0.39, 0.29) is 10.6 Å². The molecule has 1 aromatic rings. The molecule has 0 spiro atoms. The molecular weight excluding hydrogens is 280 g/mol. The molecule has 0 radical (unpaired) electrons. The summed E-state index contributed by atoms with van der Waals surface area (Å²) in [5.41, 5.74) is 5.67. The number of nitrogens with two attached hydrogens (primary N) is 1. The number of fused-ring (bicyclic) bond motifs is 1. The molecule has 2 aliphatic rings. The summed E-state index contributed by atoms with van der Waals surface area (Å²) in [6.45, 7) is 3.50. The van der Waals surface area contributed by atoms with Crippen LogP contribution in [0.4, 0.5) is 14.5 Å². The number of nitrogens with zero attached hydrogens (tertiary/aromatic N) is 2. The third-order valence-electron chi connectivity index (χ3n) is 4.26. The number of anilines is 1. The molecule has 0 aromatic heterocycles. The molecule has 108 valence electrons. The molecule has 2 aliphatic heterocycles. The lowest BCUT2D eigenvalue weighted by Crippen LogP contribution is -2.50. The summed E-state index contributed by atoms with van der Waals surface area (Å²) >= 11 is 4.72. The van der Waals surface area contributed by atoms with Crippen molar-refractivity contribution in [1.82, 2.24) is 4.90 Å². The van der Waals surface area contributed by atoms with Crippen LogP contribution in [-0.2, 0) is 0 Å². The van der Waals surface area contributed by atoms with E-state index in [1.165, 1.54) is 12.5 Å². The zero-order valence-electron chi connectivity index (χ0n) is 11.1. The Morgan fingerprint density at radius 3 is 2.75 bits per heavy atom. The zero-order chi connectivity index (χ0) is 14.3. The van der Waals surface area contributed by atoms with Gasteiger partial charge in [0.05, 0.1) is 5.69 Å². The smallest absolute Gasteiger partial charge is 0.182 e. The number of piperazine rings is 1. The Bertz CT molecular complexity index is 549. The third kappa shape index (κ3) is 2.27. The van der Waals surface area contributed by atoms with E-state index >= 15 is 0 Å². The summed E-state index contributed by atoms with van der Waals surface area (Å²) in [4.78, 5) is 4.23. The minimum absolute atomic E-state index is 0.0271. The molecule has 0 saturated carbocycles. The molecule has 1 aromatic carbocycles. The maximum Gasteiger partial charge on any atom is 0.182 e. The maximum atomic E-state index is 14.2. The van der Waals surface area contributed by atoms with E-state index in [1.54, 1.807) is 6.07 Å². The van der Waals surface area contributed by atoms with Gasteiger partial charge in [-0.3, -0.25) is 4.90 Å². The Balaban J connectivity index is 1.87. The highest BCUT2D eigenvalue weighted by Gasteiger charge is 2.32. The van der Waals surface area contributed by atoms with Crippen LogP contribution in [0.2, 0.25) is 0 Å². The van der Waals surface area contributed by atoms with E-state index in [9.17, 15) is 8.78 Å². The first-order valence-electron chi connectivity index (χ1n) is 6.84. The highest BCUT2D eigenvalue weighted by molar-refractivity contribution is 7.80. The molecule has 2 N–H and O–H groups in total. The van der Waals surface area contributed by atoms with Crippen LogP contribution in [0.5, 0.6) is 0 Å². The summed E-state index contributed by atoms with van der Waals surface area (Å²) in [5, 5.41) is 0. The van der Waals surface area contributed by atoms with E-state index in [4.69, 9.17) is 18.0 Å². The molecule has 1 atom stereocenters. The van der Waals surface area contributed by atoms with E-state index in [0.29, 0.717) is 11.7 Å². The molecule has 3 rings (SSSR count). The number of hydrogen-bond acceptors (Lipinski definition) is 3. The van der Waals surface area contributed by atoms with Crippen molar-refractivity contribution < 1.29 is 8.78 Å². The topological polar surface area (TPSA) is 32.5 Å². The van der Waals surface area contributed by atoms with Gasteiger partial charge < -0.3 is 10.6 Å². The van der Waals surface area contributed by atoms with Crippen molar-refractivity contribution in [3.63, 3.8) is 0 Å². The first-order chi connectivity index (χ1) is 9.58. The van der Waals surface area contributed by atoms with E-state index in [1.807, 2.05) is 4.90 Å². The van der Waals surface area contributed by atoms with E-state index in [2.05, 4.69) is 4.90 Å². The third-order valence-corrected chi connectivity index (χ3v) is 4.48. The summed E-state index contributed by atoms with van der Waals surface area (Å²) in [7, 11) is 0. The molecule has 0 bridgehead atoms. The first kappa shape index (κ1) is 13.7.